The first-order chi connectivity index (χ1) is 15.0. The predicted molar refractivity (Wildman–Crippen MR) is 111 cm³/mol. The first-order valence-corrected chi connectivity index (χ1v) is 10.1. The van der Waals surface area contributed by atoms with Crippen LogP contribution < -0.4 is 0 Å². The number of tetrazole rings is 1. The number of rotatable bonds is 7. The summed E-state index contributed by atoms with van der Waals surface area (Å²) in [7, 11) is 0. The quantitative estimate of drug-likeness (QED) is 0.423. The summed E-state index contributed by atoms with van der Waals surface area (Å²) in [5.74, 6) is -1.12. The van der Waals surface area contributed by atoms with Crippen LogP contribution >= 0.6 is 11.8 Å². The number of aromatic carboxylic acids is 1. The molecule has 2 heterocycles. The number of hydrogen-bond acceptors (Lipinski definition) is 7. The molecule has 0 amide bonds. The van der Waals surface area contributed by atoms with Crippen molar-refractivity contribution >= 4 is 17.7 Å². The molecule has 0 saturated carbocycles. The van der Waals surface area contributed by atoms with Gasteiger partial charge >= 0.3 is 5.97 Å². The number of benzene rings is 2. The van der Waals surface area contributed by atoms with E-state index in [4.69, 9.17) is 5.11 Å². The van der Waals surface area contributed by atoms with Crippen LogP contribution in [0.4, 0.5) is 4.39 Å². The number of aromatic nitrogens is 5. The van der Waals surface area contributed by atoms with Crippen molar-refractivity contribution in [2.75, 3.05) is 5.75 Å². The highest BCUT2D eigenvalue weighted by Gasteiger charge is 2.14. The van der Waals surface area contributed by atoms with Crippen LogP contribution in [0.25, 0.3) is 16.8 Å². The molecule has 0 fully saturated rings. The minimum Gasteiger partial charge on any atom is -0.478 e. The zero-order valence-electron chi connectivity index (χ0n) is 16.0. The predicted octanol–water partition coefficient (Wildman–Crippen LogP) is 3.39. The van der Waals surface area contributed by atoms with Crippen molar-refractivity contribution in [3.8, 4) is 16.8 Å². The lowest BCUT2D eigenvalue weighted by Gasteiger charge is -2.11. The highest BCUT2D eigenvalue weighted by molar-refractivity contribution is 7.99. The maximum Gasteiger partial charge on any atom is 0.335 e. The first-order valence-electron chi connectivity index (χ1n) is 9.15. The molecule has 2 aromatic carbocycles. The molecule has 8 nitrogen and oxygen atoms in total. The SMILES string of the molecule is O=C(O)c1ccc(-n2nnnc2SCC(O)c2ccc(-c3cncc(F)c3)cc2)cc1. The standard InChI is InChI=1S/C21H16FN5O3S/c22-17-9-16(10-23-11-17)13-1-3-14(4-2-13)19(28)12-31-21-24-25-26-27(21)18-7-5-15(6-8-18)20(29)30/h1-11,19,28H,12H2,(H,29,30). The van der Waals surface area contributed by atoms with Crippen molar-refractivity contribution < 1.29 is 19.4 Å². The number of carboxylic acid groups (broad SMARTS) is 1. The van der Waals surface area contributed by atoms with Gasteiger partial charge in [-0.15, -0.1) is 5.10 Å². The Hall–Kier alpha value is -3.63. The van der Waals surface area contributed by atoms with Gasteiger partial charge < -0.3 is 10.2 Å². The van der Waals surface area contributed by atoms with Crippen molar-refractivity contribution in [1.82, 2.24) is 25.2 Å². The largest absolute Gasteiger partial charge is 0.478 e. The van der Waals surface area contributed by atoms with Gasteiger partial charge in [0, 0.05) is 17.5 Å². The first kappa shape index (κ1) is 20.6. The minimum atomic E-state index is -1.01. The van der Waals surface area contributed by atoms with Crippen LogP contribution in [-0.4, -0.2) is 47.1 Å². The van der Waals surface area contributed by atoms with Gasteiger partial charge in [-0.2, -0.15) is 4.68 Å². The maximum atomic E-state index is 13.4. The zero-order chi connectivity index (χ0) is 21.8. The molecule has 2 aromatic heterocycles. The number of hydrogen-bond donors (Lipinski definition) is 2. The molecular formula is C21H16FN5O3S. The molecule has 10 heteroatoms. The Kier molecular flexibility index (Phi) is 6.01. The Balaban J connectivity index is 1.43. The van der Waals surface area contributed by atoms with E-state index >= 15 is 0 Å². The molecule has 31 heavy (non-hydrogen) atoms. The van der Waals surface area contributed by atoms with E-state index in [2.05, 4.69) is 20.5 Å². The second kappa shape index (κ2) is 9.02. The molecule has 1 atom stereocenters. The van der Waals surface area contributed by atoms with Gasteiger partial charge in [0.25, 0.3) is 0 Å². The molecular weight excluding hydrogens is 421 g/mol. The average Bonchev–Trinajstić information content (AvgIpc) is 3.26. The summed E-state index contributed by atoms with van der Waals surface area (Å²) in [6.07, 6.45) is 1.95. The van der Waals surface area contributed by atoms with Crippen molar-refractivity contribution in [2.24, 2.45) is 0 Å². The van der Waals surface area contributed by atoms with E-state index in [0.29, 0.717) is 27.7 Å². The van der Waals surface area contributed by atoms with E-state index in [1.807, 2.05) is 0 Å². The monoisotopic (exact) mass is 437 g/mol. The fraction of sp³-hybridized carbons (Fsp3) is 0.0952. The molecule has 0 aliphatic rings. The maximum absolute atomic E-state index is 13.4. The Labute approximate surface area is 180 Å². The summed E-state index contributed by atoms with van der Waals surface area (Å²) in [6, 6.07) is 14.7. The fourth-order valence-corrected chi connectivity index (χ4v) is 3.75. The Morgan fingerprint density at radius 1 is 1.06 bits per heavy atom. The highest BCUT2D eigenvalue weighted by atomic mass is 32.2. The van der Waals surface area contributed by atoms with Crippen LogP contribution in [0.1, 0.15) is 22.0 Å². The molecule has 4 rings (SSSR count). The van der Waals surface area contributed by atoms with Crippen molar-refractivity contribution in [1.29, 1.82) is 0 Å². The smallest absolute Gasteiger partial charge is 0.335 e. The van der Waals surface area contributed by atoms with Crippen molar-refractivity contribution in [3.63, 3.8) is 0 Å². The van der Waals surface area contributed by atoms with E-state index in [9.17, 15) is 14.3 Å². The third-order valence-electron chi connectivity index (χ3n) is 4.50. The van der Waals surface area contributed by atoms with Crippen LogP contribution in [0.5, 0.6) is 0 Å². The van der Waals surface area contributed by atoms with E-state index in [1.54, 1.807) is 42.6 Å². The van der Waals surface area contributed by atoms with E-state index in [-0.39, 0.29) is 5.56 Å². The molecule has 1 unspecified atom stereocenters. The lowest BCUT2D eigenvalue weighted by molar-refractivity contribution is 0.0697. The average molecular weight is 437 g/mol. The fourth-order valence-electron chi connectivity index (χ4n) is 2.89. The van der Waals surface area contributed by atoms with Crippen LogP contribution in [0.3, 0.4) is 0 Å². The van der Waals surface area contributed by atoms with Crippen LogP contribution in [0, 0.1) is 5.82 Å². The summed E-state index contributed by atoms with van der Waals surface area (Å²) in [5, 5.41) is 31.6. The molecule has 0 saturated heterocycles. The molecule has 0 aliphatic heterocycles. The lowest BCUT2D eigenvalue weighted by atomic mass is 10.0. The second-order valence-corrected chi connectivity index (χ2v) is 7.55. The molecule has 0 radical (unpaired) electrons. The van der Waals surface area contributed by atoms with Gasteiger partial charge in [0.2, 0.25) is 5.16 Å². The summed E-state index contributed by atoms with van der Waals surface area (Å²) >= 11 is 1.27. The second-order valence-electron chi connectivity index (χ2n) is 6.57. The molecule has 0 spiro atoms. The van der Waals surface area contributed by atoms with E-state index in [0.717, 1.165) is 11.8 Å². The van der Waals surface area contributed by atoms with Gasteiger partial charge in [-0.25, -0.2) is 9.18 Å². The van der Waals surface area contributed by atoms with Crippen molar-refractivity contribution in [2.45, 2.75) is 11.3 Å². The summed E-state index contributed by atoms with van der Waals surface area (Å²) in [6.45, 7) is 0. The Bertz CT molecular complexity index is 1200. The van der Waals surface area contributed by atoms with E-state index < -0.39 is 17.9 Å². The Morgan fingerprint density at radius 2 is 1.81 bits per heavy atom. The van der Waals surface area contributed by atoms with Gasteiger partial charge in [-0.1, -0.05) is 36.0 Å². The lowest BCUT2D eigenvalue weighted by Crippen LogP contribution is -2.04. The van der Waals surface area contributed by atoms with Crippen molar-refractivity contribution in [3.05, 3.63) is 83.9 Å². The minimum absolute atomic E-state index is 0.166. The number of nitrogens with zero attached hydrogens (tertiary/aromatic N) is 5. The number of carbonyl (C=O) groups is 1. The third kappa shape index (κ3) is 4.76. The number of carboxylic acids is 1. The van der Waals surface area contributed by atoms with Gasteiger partial charge in [-0.05, 0) is 51.9 Å². The highest BCUT2D eigenvalue weighted by Crippen LogP contribution is 2.27. The molecule has 2 N–H and O–H groups in total. The molecule has 156 valence electrons. The Morgan fingerprint density at radius 3 is 2.48 bits per heavy atom. The van der Waals surface area contributed by atoms with E-state index in [1.165, 1.54) is 34.6 Å². The number of aliphatic hydroxyl groups excluding tert-OH is 1. The number of aliphatic hydroxyl groups is 1. The van der Waals surface area contributed by atoms with Gasteiger partial charge in [-0.3, -0.25) is 4.98 Å². The summed E-state index contributed by atoms with van der Waals surface area (Å²) in [5.41, 5.74) is 2.93. The van der Waals surface area contributed by atoms with Gasteiger partial charge in [0.05, 0.1) is 23.6 Å². The van der Waals surface area contributed by atoms with Crippen LogP contribution in [0.15, 0.2) is 72.1 Å². The molecule has 0 bridgehead atoms. The zero-order valence-corrected chi connectivity index (χ0v) is 16.8. The third-order valence-corrected chi connectivity index (χ3v) is 5.50. The molecule has 0 aliphatic carbocycles. The summed E-state index contributed by atoms with van der Waals surface area (Å²) in [4.78, 5) is 14.8. The number of halogens is 1. The van der Waals surface area contributed by atoms with Crippen LogP contribution in [0.2, 0.25) is 0 Å². The number of pyridine rings is 1. The number of thioether (sulfide) groups is 1. The molecule has 4 aromatic rings. The van der Waals surface area contributed by atoms with Gasteiger partial charge in [0.1, 0.15) is 5.82 Å². The van der Waals surface area contributed by atoms with Crippen LogP contribution in [-0.2, 0) is 0 Å². The normalized spacial score (nSPS) is 11.9. The van der Waals surface area contributed by atoms with Gasteiger partial charge in [0.15, 0.2) is 0 Å². The summed E-state index contributed by atoms with van der Waals surface area (Å²) < 4.78 is 14.8. The topological polar surface area (TPSA) is 114 Å².